The van der Waals surface area contributed by atoms with Gasteiger partial charge in [0, 0.05) is 35.2 Å². The number of aromatic amines is 1. The largest absolute Gasteiger partial charge is 0.375 e. The van der Waals surface area contributed by atoms with Gasteiger partial charge in [0.1, 0.15) is 0 Å². The molecule has 0 unspecified atom stereocenters. The molecular weight excluding hydrogens is 276 g/mol. The molecule has 4 rings (SSSR count). The van der Waals surface area contributed by atoms with Crippen LogP contribution in [0.15, 0.2) is 30.5 Å². The number of ketones is 1. The van der Waals surface area contributed by atoms with Crippen molar-refractivity contribution in [2.75, 3.05) is 19.7 Å². The van der Waals surface area contributed by atoms with Crippen LogP contribution >= 0.6 is 0 Å². The van der Waals surface area contributed by atoms with Gasteiger partial charge in [0.2, 0.25) is 0 Å². The zero-order chi connectivity index (χ0) is 14.9. The summed E-state index contributed by atoms with van der Waals surface area (Å²) < 4.78 is 5.90. The van der Waals surface area contributed by atoms with Gasteiger partial charge >= 0.3 is 0 Å². The van der Waals surface area contributed by atoms with Crippen LogP contribution in [0.4, 0.5) is 0 Å². The van der Waals surface area contributed by atoms with Gasteiger partial charge in [-0.05, 0) is 18.9 Å². The van der Waals surface area contributed by atoms with Crippen molar-refractivity contribution in [1.82, 2.24) is 9.88 Å². The molecule has 0 bridgehead atoms. The van der Waals surface area contributed by atoms with Gasteiger partial charge < -0.3 is 9.72 Å². The minimum absolute atomic E-state index is 0.212. The average molecular weight is 298 g/mol. The van der Waals surface area contributed by atoms with E-state index in [2.05, 4.69) is 9.88 Å². The Bertz CT molecular complexity index is 677. The number of benzene rings is 1. The fourth-order valence-corrected chi connectivity index (χ4v) is 3.94. The second-order valence-electron chi connectivity index (χ2n) is 6.40. The van der Waals surface area contributed by atoms with Gasteiger partial charge in [-0.1, -0.05) is 31.0 Å². The Morgan fingerprint density at radius 3 is 3.09 bits per heavy atom. The van der Waals surface area contributed by atoms with Crippen LogP contribution in [0.5, 0.6) is 0 Å². The molecule has 2 aromatic rings. The van der Waals surface area contributed by atoms with Crippen molar-refractivity contribution in [3.8, 4) is 0 Å². The van der Waals surface area contributed by atoms with E-state index in [-0.39, 0.29) is 5.78 Å². The minimum Gasteiger partial charge on any atom is -0.375 e. The molecular formula is C18H22N2O2. The minimum atomic E-state index is 0.212. The average Bonchev–Trinajstić information content (AvgIpc) is 2.99. The summed E-state index contributed by atoms with van der Waals surface area (Å²) in [6.45, 7) is 2.13. The van der Waals surface area contributed by atoms with Gasteiger partial charge in [-0.2, -0.15) is 0 Å². The number of H-pyrrole nitrogens is 1. The van der Waals surface area contributed by atoms with E-state index in [1.54, 1.807) is 0 Å². The number of ether oxygens (including phenoxy) is 1. The van der Waals surface area contributed by atoms with Crippen molar-refractivity contribution >= 4 is 16.7 Å². The molecule has 4 nitrogen and oxygen atoms in total. The first-order valence-corrected chi connectivity index (χ1v) is 8.28. The van der Waals surface area contributed by atoms with Crippen LogP contribution in [0.3, 0.4) is 0 Å². The third-order valence-electron chi connectivity index (χ3n) is 5.08. The number of carbonyl (C=O) groups is 1. The molecule has 2 aliphatic rings. The van der Waals surface area contributed by atoms with Crippen molar-refractivity contribution in [1.29, 1.82) is 0 Å². The smallest absolute Gasteiger partial charge is 0.178 e. The third-order valence-corrected chi connectivity index (χ3v) is 5.08. The predicted octanol–water partition coefficient (Wildman–Crippen LogP) is 2.99. The highest BCUT2D eigenvalue weighted by Gasteiger charge is 2.35. The highest BCUT2D eigenvalue weighted by atomic mass is 16.5. The monoisotopic (exact) mass is 298 g/mol. The molecule has 1 saturated heterocycles. The van der Waals surface area contributed by atoms with Gasteiger partial charge in [-0.15, -0.1) is 0 Å². The number of para-hydroxylation sites is 1. The Morgan fingerprint density at radius 1 is 1.27 bits per heavy atom. The van der Waals surface area contributed by atoms with Crippen molar-refractivity contribution in [3.05, 3.63) is 36.0 Å². The van der Waals surface area contributed by atoms with E-state index in [4.69, 9.17) is 4.74 Å². The second-order valence-corrected chi connectivity index (χ2v) is 6.40. The topological polar surface area (TPSA) is 45.3 Å². The van der Waals surface area contributed by atoms with Crippen LogP contribution in [0, 0.1) is 0 Å². The Hall–Kier alpha value is -1.65. The highest BCUT2D eigenvalue weighted by molar-refractivity contribution is 6.08. The molecule has 1 aliphatic heterocycles. The van der Waals surface area contributed by atoms with Crippen LogP contribution in [-0.4, -0.2) is 47.5 Å². The molecule has 1 N–H and O–H groups in total. The lowest BCUT2D eigenvalue weighted by Gasteiger charge is -2.43. The summed E-state index contributed by atoms with van der Waals surface area (Å²) in [5, 5.41) is 1.03. The molecule has 1 aromatic carbocycles. The second kappa shape index (κ2) is 5.86. The molecule has 0 spiro atoms. The lowest BCUT2D eigenvalue weighted by Crippen LogP contribution is -2.53. The molecule has 0 radical (unpaired) electrons. The van der Waals surface area contributed by atoms with Crippen LogP contribution in [0.25, 0.3) is 10.9 Å². The van der Waals surface area contributed by atoms with Crippen LogP contribution in [0.2, 0.25) is 0 Å². The maximum Gasteiger partial charge on any atom is 0.178 e. The van der Waals surface area contributed by atoms with Crippen LogP contribution < -0.4 is 0 Å². The van der Waals surface area contributed by atoms with E-state index in [1.165, 1.54) is 12.8 Å². The van der Waals surface area contributed by atoms with Crippen molar-refractivity contribution < 1.29 is 9.53 Å². The first-order valence-electron chi connectivity index (χ1n) is 8.28. The SMILES string of the molecule is O=C(CN1CCO[C@@H]2CCCC[C@@H]21)c1c[nH]c2ccccc12. The number of fused-ring (bicyclic) bond motifs is 2. The van der Waals surface area contributed by atoms with Crippen LogP contribution in [0.1, 0.15) is 36.0 Å². The van der Waals surface area contributed by atoms with Gasteiger partial charge in [0.25, 0.3) is 0 Å². The first kappa shape index (κ1) is 14.0. The van der Waals surface area contributed by atoms with Crippen molar-refractivity contribution in [2.45, 2.75) is 37.8 Å². The number of Topliss-reactive ketones (excluding diaryl/α,β-unsaturated/α-hetero) is 1. The predicted molar refractivity (Wildman–Crippen MR) is 86.2 cm³/mol. The summed E-state index contributed by atoms with van der Waals surface area (Å²) in [6, 6.07) is 8.43. The number of nitrogens with zero attached hydrogens (tertiary/aromatic N) is 1. The lowest BCUT2D eigenvalue weighted by molar-refractivity contribution is -0.0846. The number of nitrogens with one attached hydrogen (secondary N) is 1. The molecule has 116 valence electrons. The summed E-state index contributed by atoms with van der Waals surface area (Å²) in [5.41, 5.74) is 1.85. The Kier molecular flexibility index (Phi) is 3.72. The van der Waals surface area contributed by atoms with E-state index in [1.807, 2.05) is 30.5 Å². The zero-order valence-electron chi connectivity index (χ0n) is 12.8. The van der Waals surface area contributed by atoms with Crippen molar-refractivity contribution in [3.63, 3.8) is 0 Å². The molecule has 2 fully saturated rings. The molecule has 1 saturated carbocycles. The lowest BCUT2D eigenvalue weighted by atomic mass is 9.90. The third kappa shape index (κ3) is 2.46. The summed E-state index contributed by atoms with van der Waals surface area (Å²) in [4.78, 5) is 18.3. The quantitative estimate of drug-likeness (QED) is 0.886. The molecule has 4 heteroatoms. The van der Waals surface area contributed by atoms with Gasteiger partial charge in [0.05, 0.1) is 19.3 Å². The Labute approximate surface area is 130 Å². The van der Waals surface area contributed by atoms with E-state index in [9.17, 15) is 4.79 Å². The summed E-state index contributed by atoms with van der Waals surface area (Å²) in [6.07, 6.45) is 6.99. The molecule has 2 heterocycles. The number of carbonyl (C=O) groups excluding carboxylic acids is 1. The van der Waals surface area contributed by atoms with E-state index >= 15 is 0 Å². The van der Waals surface area contributed by atoms with Gasteiger partial charge in [0.15, 0.2) is 5.78 Å². The maximum absolute atomic E-state index is 12.8. The molecule has 0 amide bonds. The molecule has 2 atom stereocenters. The molecule has 1 aliphatic carbocycles. The Morgan fingerprint density at radius 2 is 2.14 bits per heavy atom. The normalized spacial score (nSPS) is 26.0. The molecule has 22 heavy (non-hydrogen) atoms. The summed E-state index contributed by atoms with van der Waals surface area (Å²) in [5.74, 6) is 0.212. The number of aromatic nitrogens is 1. The highest BCUT2D eigenvalue weighted by Crippen LogP contribution is 2.29. The fourth-order valence-electron chi connectivity index (χ4n) is 3.94. The van der Waals surface area contributed by atoms with Crippen LogP contribution in [-0.2, 0) is 4.74 Å². The van der Waals surface area contributed by atoms with E-state index in [0.717, 1.165) is 42.5 Å². The zero-order valence-corrected chi connectivity index (χ0v) is 12.8. The summed E-state index contributed by atoms with van der Waals surface area (Å²) >= 11 is 0. The number of hydrogen-bond donors (Lipinski definition) is 1. The van der Waals surface area contributed by atoms with Gasteiger partial charge in [-0.3, -0.25) is 9.69 Å². The number of rotatable bonds is 3. The molecule has 1 aromatic heterocycles. The van der Waals surface area contributed by atoms with Gasteiger partial charge in [-0.25, -0.2) is 0 Å². The van der Waals surface area contributed by atoms with E-state index < -0.39 is 0 Å². The van der Waals surface area contributed by atoms with Crippen molar-refractivity contribution in [2.24, 2.45) is 0 Å². The first-order chi connectivity index (χ1) is 10.8. The fraction of sp³-hybridized carbons (Fsp3) is 0.500. The number of hydrogen-bond acceptors (Lipinski definition) is 3. The number of morpholine rings is 1. The summed E-state index contributed by atoms with van der Waals surface area (Å²) in [7, 11) is 0. The van der Waals surface area contributed by atoms with E-state index in [0.29, 0.717) is 18.7 Å². The Balaban J connectivity index is 1.53. The maximum atomic E-state index is 12.8. The standard InChI is InChI=1S/C18H22N2O2/c21-17(14-11-19-15-6-2-1-5-13(14)15)12-20-9-10-22-18-8-4-3-7-16(18)20/h1-2,5-6,11,16,18-19H,3-4,7-10,12H2/t16-,18+/m0/s1.